The monoisotopic (exact) mass is 288 g/mol. The number of thioether (sulfide) groups is 1. The number of rotatable bonds is 5. The van der Waals surface area contributed by atoms with E-state index in [0.717, 1.165) is 0 Å². The smallest absolute Gasteiger partial charge is 0.288 e. The van der Waals surface area contributed by atoms with Gasteiger partial charge in [-0.05, 0) is 32.9 Å². The van der Waals surface area contributed by atoms with E-state index in [4.69, 9.17) is 0 Å². The van der Waals surface area contributed by atoms with E-state index in [2.05, 4.69) is 10.6 Å². The second-order valence-corrected chi connectivity index (χ2v) is 6.06. The minimum atomic E-state index is -2.51. The van der Waals surface area contributed by atoms with Crippen LogP contribution >= 0.6 is 11.8 Å². The summed E-state index contributed by atoms with van der Waals surface area (Å²) in [7, 11) is 0. The standard InChI is InChI=1S/C13H18F2N2OS/c1-13(2,3)16-8-11(18)17-9-6-4-5-7-10(9)19-12(14)15/h4-7,12,16H,8H2,1-3H3,(H,17,18). The van der Waals surface area contributed by atoms with Crippen LogP contribution in [-0.4, -0.2) is 23.7 Å². The fourth-order valence-electron chi connectivity index (χ4n) is 1.31. The van der Waals surface area contributed by atoms with Gasteiger partial charge < -0.3 is 10.6 Å². The lowest BCUT2D eigenvalue weighted by molar-refractivity contribution is -0.115. The number of hydrogen-bond donors (Lipinski definition) is 2. The molecule has 106 valence electrons. The molecule has 1 rings (SSSR count). The maximum atomic E-state index is 12.4. The van der Waals surface area contributed by atoms with Gasteiger partial charge in [0.15, 0.2) is 0 Å². The van der Waals surface area contributed by atoms with Crippen LogP contribution in [0.2, 0.25) is 0 Å². The molecule has 0 heterocycles. The Bertz CT molecular complexity index is 433. The quantitative estimate of drug-likeness (QED) is 0.817. The molecule has 0 fully saturated rings. The highest BCUT2D eigenvalue weighted by Gasteiger charge is 2.14. The van der Waals surface area contributed by atoms with Crippen molar-refractivity contribution in [1.82, 2.24) is 5.32 Å². The summed E-state index contributed by atoms with van der Waals surface area (Å²) >= 11 is 0.422. The third-order valence-corrected chi connectivity index (χ3v) is 2.94. The maximum absolute atomic E-state index is 12.4. The van der Waals surface area contributed by atoms with E-state index in [9.17, 15) is 13.6 Å². The lowest BCUT2D eigenvalue weighted by Gasteiger charge is -2.20. The van der Waals surface area contributed by atoms with Crippen molar-refractivity contribution in [2.24, 2.45) is 0 Å². The predicted molar refractivity (Wildman–Crippen MR) is 74.7 cm³/mol. The Labute approximate surface area is 116 Å². The number of anilines is 1. The summed E-state index contributed by atoms with van der Waals surface area (Å²) in [5.74, 6) is -2.76. The largest absolute Gasteiger partial charge is 0.324 e. The van der Waals surface area contributed by atoms with Gasteiger partial charge in [-0.3, -0.25) is 4.79 Å². The van der Waals surface area contributed by atoms with E-state index in [-0.39, 0.29) is 18.0 Å². The van der Waals surface area contributed by atoms with Crippen LogP contribution in [0.3, 0.4) is 0 Å². The first-order valence-electron chi connectivity index (χ1n) is 5.86. The molecular formula is C13H18F2N2OS. The topological polar surface area (TPSA) is 41.1 Å². The summed E-state index contributed by atoms with van der Waals surface area (Å²) in [6, 6.07) is 6.53. The minimum Gasteiger partial charge on any atom is -0.324 e. The molecular weight excluding hydrogens is 270 g/mol. The van der Waals surface area contributed by atoms with Crippen LogP contribution in [0.4, 0.5) is 14.5 Å². The molecule has 1 aromatic carbocycles. The highest BCUT2D eigenvalue weighted by molar-refractivity contribution is 7.99. The van der Waals surface area contributed by atoms with E-state index < -0.39 is 5.76 Å². The van der Waals surface area contributed by atoms with Crippen molar-refractivity contribution < 1.29 is 13.6 Å². The van der Waals surface area contributed by atoms with Crippen LogP contribution in [0.1, 0.15) is 20.8 Å². The highest BCUT2D eigenvalue weighted by Crippen LogP contribution is 2.31. The minimum absolute atomic E-state index is 0.136. The lowest BCUT2D eigenvalue weighted by atomic mass is 10.1. The Morgan fingerprint density at radius 3 is 2.53 bits per heavy atom. The van der Waals surface area contributed by atoms with Crippen molar-refractivity contribution in [1.29, 1.82) is 0 Å². The van der Waals surface area contributed by atoms with E-state index in [1.807, 2.05) is 20.8 Å². The molecule has 0 aliphatic rings. The Morgan fingerprint density at radius 1 is 1.32 bits per heavy atom. The molecule has 0 aliphatic heterocycles. The Balaban J connectivity index is 2.63. The number of benzene rings is 1. The first kappa shape index (κ1) is 15.9. The Hall–Kier alpha value is -1.14. The first-order valence-corrected chi connectivity index (χ1v) is 6.74. The molecule has 2 N–H and O–H groups in total. The number of para-hydroxylation sites is 1. The van der Waals surface area contributed by atoms with Crippen molar-refractivity contribution in [3.05, 3.63) is 24.3 Å². The number of carbonyl (C=O) groups excluding carboxylic acids is 1. The first-order chi connectivity index (χ1) is 8.78. The second-order valence-electron chi connectivity index (χ2n) is 5.03. The van der Waals surface area contributed by atoms with E-state index in [1.54, 1.807) is 24.3 Å². The maximum Gasteiger partial charge on any atom is 0.288 e. The molecule has 0 aliphatic carbocycles. The molecule has 0 radical (unpaired) electrons. The lowest BCUT2D eigenvalue weighted by Crippen LogP contribution is -2.41. The summed E-state index contributed by atoms with van der Waals surface area (Å²) in [6.07, 6.45) is 0. The molecule has 0 saturated heterocycles. The van der Waals surface area contributed by atoms with Gasteiger partial charge in [-0.15, -0.1) is 0 Å². The van der Waals surface area contributed by atoms with Crippen molar-refractivity contribution in [3.8, 4) is 0 Å². The van der Waals surface area contributed by atoms with Gasteiger partial charge >= 0.3 is 0 Å². The zero-order valence-corrected chi connectivity index (χ0v) is 12.0. The molecule has 1 aromatic rings. The zero-order valence-electron chi connectivity index (χ0n) is 11.2. The van der Waals surface area contributed by atoms with Gasteiger partial charge in [0.25, 0.3) is 5.76 Å². The number of alkyl halides is 2. The fraction of sp³-hybridized carbons (Fsp3) is 0.462. The number of nitrogens with one attached hydrogen (secondary N) is 2. The number of halogens is 2. The molecule has 6 heteroatoms. The summed E-state index contributed by atoms with van der Waals surface area (Å²) in [6.45, 7) is 5.97. The Morgan fingerprint density at radius 2 is 1.95 bits per heavy atom. The van der Waals surface area contributed by atoms with E-state index in [1.165, 1.54) is 0 Å². The summed E-state index contributed by atoms with van der Waals surface area (Å²) in [5, 5.41) is 5.67. The molecule has 0 unspecified atom stereocenters. The van der Waals surface area contributed by atoms with Crippen molar-refractivity contribution in [3.63, 3.8) is 0 Å². The van der Waals surface area contributed by atoms with Crippen molar-refractivity contribution >= 4 is 23.4 Å². The summed E-state index contributed by atoms with van der Waals surface area (Å²) in [4.78, 5) is 12.1. The van der Waals surface area contributed by atoms with Gasteiger partial charge in [-0.25, -0.2) is 0 Å². The summed E-state index contributed by atoms with van der Waals surface area (Å²) in [5.41, 5.74) is 0.239. The molecule has 0 saturated carbocycles. The molecule has 3 nitrogen and oxygen atoms in total. The van der Waals surface area contributed by atoms with Gasteiger partial charge in [0.2, 0.25) is 5.91 Å². The van der Waals surface area contributed by atoms with E-state index in [0.29, 0.717) is 22.3 Å². The molecule has 19 heavy (non-hydrogen) atoms. The third kappa shape index (κ3) is 6.54. The van der Waals surface area contributed by atoms with Gasteiger partial charge in [0, 0.05) is 10.4 Å². The number of amides is 1. The highest BCUT2D eigenvalue weighted by atomic mass is 32.2. The van der Waals surface area contributed by atoms with Crippen LogP contribution in [-0.2, 0) is 4.79 Å². The summed E-state index contributed by atoms with van der Waals surface area (Å²) < 4.78 is 24.8. The van der Waals surface area contributed by atoms with Crippen molar-refractivity contribution in [2.45, 2.75) is 37.0 Å². The molecule has 0 bridgehead atoms. The number of carbonyl (C=O) groups is 1. The van der Waals surface area contributed by atoms with Gasteiger partial charge in [0.05, 0.1) is 12.2 Å². The zero-order chi connectivity index (χ0) is 14.5. The average molecular weight is 288 g/mol. The molecule has 1 amide bonds. The van der Waals surface area contributed by atoms with Crippen LogP contribution < -0.4 is 10.6 Å². The van der Waals surface area contributed by atoms with Gasteiger partial charge in [0.1, 0.15) is 0 Å². The Kier molecular flexibility index (Phi) is 5.75. The molecule has 0 aromatic heterocycles. The second kappa shape index (κ2) is 6.86. The van der Waals surface area contributed by atoms with E-state index >= 15 is 0 Å². The van der Waals surface area contributed by atoms with Crippen LogP contribution in [0.15, 0.2) is 29.2 Å². The fourth-order valence-corrected chi connectivity index (χ4v) is 1.90. The predicted octanol–water partition coefficient (Wildman–Crippen LogP) is 3.33. The van der Waals surface area contributed by atoms with Crippen LogP contribution in [0.5, 0.6) is 0 Å². The van der Waals surface area contributed by atoms with Crippen LogP contribution in [0.25, 0.3) is 0 Å². The number of hydrogen-bond acceptors (Lipinski definition) is 3. The normalized spacial score (nSPS) is 11.7. The van der Waals surface area contributed by atoms with Crippen LogP contribution in [0, 0.1) is 0 Å². The third-order valence-electron chi connectivity index (χ3n) is 2.16. The van der Waals surface area contributed by atoms with Crippen molar-refractivity contribution in [2.75, 3.05) is 11.9 Å². The average Bonchev–Trinajstić information content (AvgIpc) is 2.27. The molecule has 0 atom stereocenters. The van der Waals surface area contributed by atoms with Gasteiger partial charge in [-0.1, -0.05) is 23.9 Å². The SMILES string of the molecule is CC(C)(C)NCC(=O)Nc1ccccc1SC(F)F. The molecule has 0 spiro atoms. The van der Waals surface area contributed by atoms with Gasteiger partial charge in [-0.2, -0.15) is 8.78 Å².